The Labute approximate surface area is 238 Å². The average molecular weight is 556 g/mol. The van der Waals surface area contributed by atoms with Crippen LogP contribution in [0.2, 0.25) is 0 Å². The van der Waals surface area contributed by atoms with Crippen molar-refractivity contribution in [2.75, 3.05) is 18.9 Å². The maximum atomic E-state index is 12.8. The first-order valence-electron chi connectivity index (χ1n) is 16.7. The molecule has 2 rings (SSSR count). The van der Waals surface area contributed by atoms with Gasteiger partial charge in [0.15, 0.2) is 0 Å². The molecule has 0 spiro atoms. The molecule has 0 bridgehead atoms. The van der Waals surface area contributed by atoms with E-state index in [4.69, 9.17) is 4.18 Å². The lowest BCUT2D eigenvalue weighted by atomic mass is 9.69. The molecular formula is C33H65NO3S. The number of hydrogen-bond donors (Lipinski definition) is 0. The molecule has 6 atom stereocenters. The van der Waals surface area contributed by atoms with Gasteiger partial charge in [-0.1, -0.05) is 106 Å². The second kappa shape index (κ2) is 17.6. The van der Waals surface area contributed by atoms with E-state index in [9.17, 15) is 8.42 Å². The van der Waals surface area contributed by atoms with Gasteiger partial charge in [0, 0.05) is 12.1 Å². The van der Waals surface area contributed by atoms with Crippen molar-refractivity contribution < 1.29 is 12.6 Å². The molecule has 6 unspecified atom stereocenters. The van der Waals surface area contributed by atoms with Gasteiger partial charge in [0.1, 0.15) is 0 Å². The maximum Gasteiger partial charge on any atom is 0.267 e. The van der Waals surface area contributed by atoms with Gasteiger partial charge in [-0.2, -0.15) is 8.42 Å². The van der Waals surface area contributed by atoms with E-state index in [0.29, 0.717) is 48.8 Å². The second-order valence-corrected chi connectivity index (χ2v) is 15.7. The Bertz CT molecular complexity index is 690. The van der Waals surface area contributed by atoms with Crippen LogP contribution in [0.4, 0.5) is 0 Å². The van der Waals surface area contributed by atoms with E-state index in [0.717, 1.165) is 31.2 Å². The Balaban J connectivity index is 1.96. The zero-order chi connectivity index (χ0) is 28.1. The molecule has 38 heavy (non-hydrogen) atoms. The summed E-state index contributed by atoms with van der Waals surface area (Å²) in [6.07, 6.45) is 18.1. The Morgan fingerprint density at radius 3 is 1.66 bits per heavy atom. The molecule has 0 aromatic rings. The monoisotopic (exact) mass is 555 g/mol. The van der Waals surface area contributed by atoms with Gasteiger partial charge in [-0.3, -0.25) is 9.08 Å². The summed E-state index contributed by atoms with van der Waals surface area (Å²) >= 11 is 0. The van der Waals surface area contributed by atoms with Gasteiger partial charge in [0.25, 0.3) is 10.1 Å². The van der Waals surface area contributed by atoms with Crippen LogP contribution in [0, 0.1) is 35.5 Å². The maximum absolute atomic E-state index is 12.8. The number of rotatable bonds is 18. The third kappa shape index (κ3) is 11.8. The van der Waals surface area contributed by atoms with Crippen molar-refractivity contribution in [3.8, 4) is 0 Å². The van der Waals surface area contributed by atoms with Crippen LogP contribution >= 0.6 is 0 Å². The first-order valence-corrected chi connectivity index (χ1v) is 18.3. The first kappa shape index (κ1) is 34.1. The van der Waals surface area contributed by atoms with Crippen molar-refractivity contribution in [3.63, 3.8) is 0 Å². The summed E-state index contributed by atoms with van der Waals surface area (Å²) in [5, 5.41) is 0. The molecule has 2 fully saturated rings. The highest BCUT2D eigenvalue weighted by atomic mass is 32.2. The summed E-state index contributed by atoms with van der Waals surface area (Å²) in [4.78, 5) is 2.84. The highest BCUT2D eigenvalue weighted by molar-refractivity contribution is 7.86. The molecule has 5 heteroatoms. The average Bonchev–Trinajstić information content (AvgIpc) is 2.85. The fourth-order valence-electron chi connectivity index (χ4n) is 7.55. The Hall–Kier alpha value is -0.130. The van der Waals surface area contributed by atoms with Gasteiger partial charge in [-0.05, 0) is 80.6 Å². The van der Waals surface area contributed by atoms with Crippen LogP contribution in [0.15, 0.2) is 0 Å². The van der Waals surface area contributed by atoms with Crippen molar-refractivity contribution in [3.05, 3.63) is 0 Å². The third-order valence-electron chi connectivity index (χ3n) is 9.90. The molecule has 0 amide bonds. The van der Waals surface area contributed by atoms with E-state index in [2.05, 4.69) is 53.4 Å². The minimum Gasteiger partial charge on any atom is -0.297 e. The summed E-state index contributed by atoms with van der Waals surface area (Å²) in [6.45, 7) is 17.9. The van der Waals surface area contributed by atoms with Gasteiger partial charge in [-0.25, -0.2) is 0 Å². The van der Waals surface area contributed by atoms with Crippen LogP contribution in [0.3, 0.4) is 0 Å². The van der Waals surface area contributed by atoms with E-state index >= 15 is 0 Å². The van der Waals surface area contributed by atoms with Gasteiger partial charge in [-0.15, -0.1) is 0 Å². The van der Waals surface area contributed by atoms with E-state index < -0.39 is 10.1 Å². The molecule has 0 radical (unpaired) electrons. The fourth-order valence-corrected chi connectivity index (χ4v) is 8.52. The number of unbranched alkanes of at least 4 members (excludes halogenated alkanes) is 7. The summed E-state index contributed by atoms with van der Waals surface area (Å²) in [5.74, 6) is 4.45. The minimum absolute atomic E-state index is 0.157. The lowest BCUT2D eigenvalue weighted by Crippen LogP contribution is -2.55. The largest absolute Gasteiger partial charge is 0.297 e. The molecule has 2 aliphatic carbocycles. The topological polar surface area (TPSA) is 46.6 Å². The molecule has 0 saturated heterocycles. The zero-order valence-electron chi connectivity index (χ0n) is 26.4. The highest BCUT2D eigenvalue weighted by Crippen LogP contribution is 2.43. The zero-order valence-corrected chi connectivity index (χ0v) is 27.2. The van der Waals surface area contributed by atoms with Crippen molar-refractivity contribution in [2.24, 2.45) is 35.5 Å². The van der Waals surface area contributed by atoms with Crippen molar-refractivity contribution in [2.45, 2.75) is 157 Å². The summed E-state index contributed by atoms with van der Waals surface area (Å²) < 4.78 is 31.0. The Morgan fingerprint density at radius 2 is 1.18 bits per heavy atom. The van der Waals surface area contributed by atoms with Gasteiger partial charge in [0.2, 0.25) is 0 Å². The van der Waals surface area contributed by atoms with Crippen LogP contribution in [0.5, 0.6) is 0 Å². The molecule has 2 aliphatic rings. The molecule has 0 N–H and O–H groups in total. The van der Waals surface area contributed by atoms with Gasteiger partial charge < -0.3 is 0 Å². The molecular weight excluding hydrogens is 490 g/mol. The van der Waals surface area contributed by atoms with Crippen LogP contribution < -0.4 is 0 Å². The lowest BCUT2D eigenvalue weighted by molar-refractivity contribution is -0.0224. The smallest absolute Gasteiger partial charge is 0.267 e. The first-order chi connectivity index (χ1) is 18.1. The van der Waals surface area contributed by atoms with Gasteiger partial charge in [0.05, 0.1) is 12.4 Å². The number of hydrogen-bond acceptors (Lipinski definition) is 4. The molecule has 0 aliphatic heterocycles. The highest BCUT2D eigenvalue weighted by Gasteiger charge is 2.42. The van der Waals surface area contributed by atoms with Crippen LogP contribution in [-0.4, -0.2) is 44.3 Å². The minimum atomic E-state index is -3.45. The summed E-state index contributed by atoms with van der Waals surface area (Å²) in [6, 6.07) is 1.16. The molecule has 0 aromatic carbocycles. The molecule has 2 saturated carbocycles. The normalized spacial score (nSPS) is 29.0. The molecule has 0 heterocycles. The summed E-state index contributed by atoms with van der Waals surface area (Å²) in [5.41, 5.74) is 0. The van der Waals surface area contributed by atoms with E-state index in [1.54, 1.807) is 0 Å². The predicted molar refractivity (Wildman–Crippen MR) is 164 cm³/mol. The molecule has 226 valence electrons. The van der Waals surface area contributed by atoms with E-state index in [-0.39, 0.29) is 5.75 Å². The lowest BCUT2D eigenvalue weighted by Gasteiger charge is -2.52. The van der Waals surface area contributed by atoms with Crippen LogP contribution in [0.25, 0.3) is 0 Å². The van der Waals surface area contributed by atoms with Gasteiger partial charge >= 0.3 is 0 Å². The molecule has 4 nitrogen and oxygen atoms in total. The second-order valence-electron chi connectivity index (χ2n) is 13.9. The summed E-state index contributed by atoms with van der Waals surface area (Å²) in [7, 11) is -3.45. The standard InChI is InChI=1S/C33H65NO3S/c1-8-9-10-11-12-13-14-15-22-37-38(35,36)23-16-21-34(32-24-28(6)17-19-30(32)26(2)3)33-25-29(7)18-20-31(33)27(4)5/h26-33H,8-25H2,1-7H3. The Morgan fingerprint density at radius 1 is 0.711 bits per heavy atom. The SMILES string of the molecule is CCCCCCCCCCOS(=O)(=O)CCCN(C1CC(C)CCC1C(C)C)C1CC(C)CCC1C(C)C. The number of nitrogens with zero attached hydrogens (tertiary/aromatic N) is 1. The fraction of sp³-hybridized carbons (Fsp3) is 1.00. The van der Waals surface area contributed by atoms with E-state index in [1.807, 2.05) is 0 Å². The van der Waals surface area contributed by atoms with Crippen molar-refractivity contribution in [1.29, 1.82) is 0 Å². The van der Waals surface area contributed by atoms with Crippen LogP contribution in [0.1, 0.15) is 145 Å². The van der Waals surface area contributed by atoms with Crippen molar-refractivity contribution >= 4 is 10.1 Å². The predicted octanol–water partition coefficient (Wildman–Crippen LogP) is 9.09. The van der Waals surface area contributed by atoms with Crippen molar-refractivity contribution in [1.82, 2.24) is 4.90 Å². The van der Waals surface area contributed by atoms with E-state index in [1.165, 1.54) is 77.0 Å². The van der Waals surface area contributed by atoms with Crippen LogP contribution in [-0.2, 0) is 14.3 Å². The third-order valence-corrected chi connectivity index (χ3v) is 11.2. The Kier molecular flexibility index (Phi) is 15.8. The molecule has 0 aromatic heterocycles. The quantitative estimate of drug-likeness (QED) is 0.125.